The van der Waals surface area contributed by atoms with Crippen molar-refractivity contribution >= 4 is 46.5 Å². The number of hydrogen-bond donors (Lipinski definition) is 1. The first-order valence-corrected chi connectivity index (χ1v) is 8.62. The van der Waals surface area contributed by atoms with Crippen molar-refractivity contribution in [2.45, 2.75) is 19.0 Å². The third kappa shape index (κ3) is 5.72. The minimum Gasteiger partial charge on any atom is -0.272 e. The van der Waals surface area contributed by atoms with Gasteiger partial charge in [-0.2, -0.15) is 5.10 Å². The van der Waals surface area contributed by atoms with Crippen LogP contribution in [0.5, 0.6) is 0 Å². The van der Waals surface area contributed by atoms with Crippen LogP contribution in [0.15, 0.2) is 40.6 Å². The number of aryl methyl sites for hydroxylation is 2. The summed E-state index contributed by atoms with van der Waals surface area (Å²) in [6.45, 7) is 3.81. The zero-order valence-corrected chi connectivity index (χ0v) is 15.2. The van der Waals surface area contributed by atoms with E-state index in [0.717, 1.165) is 20.5 Å². The van der Waals surface area contributed by atoms with Crippen molar-refractivity contribution in [3.8, 4) is 0 Å². The fourth-order valence-electron chi connectivity index (χ4n) is 1.65. The van der Waals surface area contributed by atoms with Gasteiger partial charge in [0.05, 0.1) is 12.0 Å². The second kappa shape index (κ2) is 8.23. The maximum absolute atomic E-state index is 11.7. The molecule has 0 aliphatic carbocycles. The first-order chi connectivity index (χ1) is 10.5. The SMILES string of the molecule is Cc1cc(C)nc(SCC(=O)N/N=C\c2ccc(I)cc2)n1. The van der Waals surface area contributed by atoms with Crippen LogP contribution >= 0.6 is 34.4 Å². The molecule has 0 atom stereocenters. The lowest BCUT2D eigenvalue weighted by Crippen LogP contribution is -2.19. The van der Waals surface area contributed by atoms with Gasteiger partial charge in [0.1, 0.15) is 0 Å². The summed E-state index contributed by atoms with van der Waals surface area (Å²) in [6.07, 6.45) is 1.62. The van der Waals surface area contributed by atoms with Gasteiger partial charge < -0.3 is 0 Å². The number of carbonyl (C=O) groups is 1. The highest BCUT2D eigenvalue weighted by Gasteiger charge is 2.05. The van der Waals surface area contributed by atoms with Gasteiger partial charge in [-0.15, -0.1) is 0 Å². The van der Waals surface area contributed by atoms with Crippen LogP contribution in [0.25, 0.3) is 0 Å². The maximum Gasteiger partial charge on any atom is 0.250 e. The Balaban J connectivity index is 1.81. The molecule has 2 rings (SSSR count). The van der Waals surface area contributed by atoms with Crippen LogP contribution in [0, 0.1) is 17.4 Å². The number of thioether (sulfide) groups is 1. The molecule has 1 aromatic carbocycles. The number of carbonyl (C=O) groups excluding carboxylic acids is 1. The van der Waals surface area contributed by atoms with Crippen molar-refractivity contribution in [3.63, 3.8) is 0 Å². The topological polar surface area (TPSA) is 67.2 Å². The van der Waals surface area contributed by atoms with Gasteiger partial charge in [0, 0.05) is 15.0 Å². The van der Waals surface area contributed by atoms with Crippen LogP contribution in [0.3, 0.4) is 0 Å². The summed E-state index contributed by atoms with van der Waals surface area (Å²) in [7, 11) is 0. The normalized spacial score (nSPS) is 10.9. The molecule has 0 saturated heterocycles. The second-order valence-corrected chi connectivity index (χ2v) is 6.75. The van der Waals surface area contributed by atoms with Crippen molar-refractivity contribution < 1.29 is 4.79 Å². The molecule has 0 aliphatic heterocycles. The molecule has 0 saturated carbocycles. The lowest BCUT2D eigenvalue weighted by Gasteiger charge is -2.02. The largest absolute Gasteiger partial charge is 0.272 e. The zero-order valence-electron chi connectivity index (χ0n) is 12.2. The van der Waals surface area contributed by atoms with E-state index < -0.39 is 0 Å². The average molecular weight is 426 g/mol. The number of nitrogens with one attached hydrogen (secondary N) is 1. The molecule has 0 fully saturated rings. The van der Waals surface area contributed by atoms with Crippen LogP contribution < -0.4 is 5.43 Å². The van der Waals surface area contributed by atoms with E-state index in [2.05, 4.69) is 43.1 Å². The van der Waals surface area contributed by atoms with Crippen molar-refractivity contribution in [2.75, 3.05) is 5.75 Å². The summed E-state index contributed by atoms with van der Waals surface area (Å²) in [6, 6.07) is 9.74. The molecular formula is C15H15IN4OS. The Labute approximate surface area is 147 Å². The lowest BCUT2D eigenvalue weighted by atomic mass is 10.2. The Kier molecular flexibility index (Phi) is 6.32. The number of hydrazone groups is 1. The minimum atomic E-state index is -0.186. The number of amides is 1. The second-order valence-electron chi connectivity index (χ2n) is 4.57. The number of halogens is 1. The van der Waals surface area contributed by atoms with E-state index in [4.69, 9.17) is 0 Å². The summed E-state index contributed by atoms with van der Waals surface area (Å²) in [5.74, 6) is 0.0435. The van der Waals surface area contributed by atoms with Crippen LogP contribution in [0.4, 0.5) is 0 Å². The number of aromatic nitrogens is 2. The minimum absolute atomic E-state index is 0.186. The average Bonchev–Trinajstić information content (AvgIpc) is 2.46. The van der Waals surface area contributed by atoms with Gasteiger partial charge in [0.2, 0.25) is 0 Å². The van der Waals surface area contributed by atoms with Crippen LogP contribution in [-0.2, 0) is 4.79 Å². The van der Waals surface area contributed by atoms with E-state index in [1.807, 2.05) is 44.2 Å². The zero-order chi connectivity index (χ0) is 15.9. The Bertz CT molecular complexity index is 668. The molecule has 22 heavy (non-hydrogen) atoms. The highest BCUT2D eigenvalue weighted by atomic mass is 127. The number of rotatable bonds is 5. The van der Waals surface area contributed by atoms with E-state index in [0.29, 0.717) is 5.16 Å². The highest BCUT2D eigenvalue weighted by Crippen LogP contribution is 2.13. The fourth-order valence-corrected chi connectivity index (χ4v) is 2.75. The summed E-state index contributed by atoms with van der Waals surface area (Å²) in [5.41, 5.74) is 5.22. The smallest absolute Gasteiger partial charge is 0.250 e. The summed E-state index contributed by atoms with van der Waals surface area (Å²) >= 11 is 3.53. The predicted molar refractivity (Wildman–Crippen MR) is 97.1 cm³/mol. The first kappa shape index (κ1) is 16.9. The maximum atomic E-state index is 11.7. The molecule has 1 N–H and O–H groups in total. The monoisotopic (exact) mass is 426 g/mol. The Morgan fingerprint density at radius 3 is 2.55 bits per heavy atom. The Hall–Kier alpha value is -1.48. The van der Waals surface area contributed by atoms with Crippen molar-refractivity contribution in [1.82, 2.24) is 15.4 Å². The molecule has 0 unspecified atom stereocenters. The van der Waals surface area contributed by atoms with Crippen molar-refractivity contribution in [3.05, 3.63) is 50.9 Å². The number of hydrogen-bond acceptors (Lipinski definition) is 5. The van der Waals surface area contributed by atoms with E-state index in [9.17, 15) is 4.79 Å². The predicted octanol–water partition coefficient (Wildman–Crippen LogP) is 2.94. The van der Waals surface area contributed by atoms with Gasteiger partial charge in [-0.1, -0.05) is 23.9 Å². The third-order valence-electron chi connectivity index (χ3n) is 2.57. The Morgan fingerprint density at radius 2 is 1.91 bits per heavy atom. The lowest BCUT2D eigenvalue weighted by molar-refractivity contribution is -0.118. The van der Waals surface area contributed by atoms with E-state index in [1.54, 1.807) is 6.21 Å². The van der Waals surface area contributed by atoms with Gasteiger partial charge in [-0.05, 0) is 60.2 Å². The summed E-state index contributed by atoms with van der Waals surface area (Å²) in [5, 5.41) is 4.54. The van der Waals surface area contributed by atoms with Crippen LogP contribution in [-0.4, -0.2) is 27.8 Å². The van der Waals surface area contributed by atoms with Crippen molar-refractivity contribution in [1.29, 1.82) is 0 Å². The molecule has 2 aromatic rings. The van der Waals surface area contributed by atoms with E-state index in [-0.39, 0.29) is 11.7 Å². The molecule has 1 heterocycles. The quantitative estimate of drug-likeness (QED) is 0.263. The standard InChI is InChI=1S/C15H15IN4OS/c1-10-7-11(2)19-15(18-10)22-9-14(21)20-17-8-12-3-5-13(16)6-4-12/h3-8H,9H2,1-2H3,(H,20,21)/b17-8-. The highest BCUT2D eigenvalue weighted by molar-refractivity contribution is 14.1. The molecule has 1 aromatic heterocycles. The molecule has 5 nitrogen and oxygen atoms in total. The molecule has 0 spiro atoms. The van der Waals surface area contributed by atoms with Gasteiger partial charge >= 0.3 is 0 Å². The molecule has 7 heteroatoms. The van der Waals surface area contributed by atoms with Gasteiger partial charge in [0.15, 0.2) is 5.16 Å². The Morgan fingerprint density at radius 1 is 1.27 bits per heavy atom. The molecule has 0 aliphatic rings. The molecule has 114 valence electrons. The molecule has 1 amide bonds. The van der Waals surface area contributed by atoms with Crippen LogP contribution in [0.1, 0.15) is 17.0 Å². The molecular weight excluding hydrogens is 411 g/mol. The van der Waals surface area contributed by atoms with Gasteiger partial charge in [-0.3, -0.25) is 4.79 Å². The van der Waals surface area contributed by atoms with Crippen LogP contribution in [0.2, 0.25) is 0 Å². The van der Waals surface area contributed by atoms with E-state index in [1.165, 1.54) is 11.8 Å². The van der Waals surface area contributed by atoms with Crippen molar-refractivity contribution in [2.24, 2.45) is 5.10 Å². The summed E-state index contributed by atoms with van der Waals surface area (Å²) in [4.78, 5) is 20.3. The van der Waals surface area contributed by atoms with Gasteiger partial charge in [0.25, 0.3) is 5.91 Å². The molecule has 0 bridgehead atoms. The third-order valence-corrected chi connectivity index (χ3v) is 4.13. The molecule has 0 radical (unpaired) electrons. The number of nitrogens with zero attached hydrogens (tertiary/aromatic N) is 3. The number of benzene rings is 1. The fraction of sp³-hybridized carbons (Fsp3) is 0.200. The summed E-state index contributed by atoms with van der Waals surface area (Å²) < 4.78 is 1.16. The first-order valence-electron chi connectivity index (χ1n) is 6.55. The van der Waals surface area contributed by atoms with Gasteiger partial charge in [-0.25, -0.2) is 15.4 Å². The van der Waals surface area contributed by atoms with E-state index >= 15 is 0 Å².